The largest absolute Gasteiger partial charge is 0.304 e. The molecule has 0 amide bonds. The van der Waals surface area contributed by atoms with Crippen molar-refractivity contribution in [1.82, 2.24) is 5.32 Å². The molecule has 0 aromatic heterocycles. The topological polar surface area (TPSA) is 12.0 Å². The Kier molecular flexibility index (Phi) is 5.34. The quantitative estimate of drug-likeness (QED) is 0.673. The molecule has 1 N–H and O–H groups in total. The molecular weight excluding hydrogens is 313 g/mol. The highest BCUT2D eigenvalue weighted by Crippen LogP contribution is 2.35. The van der Waals surface area contributed by atoms with E-state index in [0.29, 0.717) is 15.1 Å². The molecule has 1 nitrogen and oxygen atoms in total. The second kappa shape index (κ2) is 6.82. The van der Waals surface area contributed by atoms with Crippen molar-refractivity contribution in [1.29, 1.82) is 0 Å². The smallest absolute Gasteiger partial charge is 0.0781 e. The molecular formula is C16H16Cl3N. The Morgan fingerprint density at radius 1 is 0.800 bits per heavy atom. The highest BCUT2D eigenvalue weighted by Gasteiger charge is 2.16. The maximum Gasteiger partial charge on any atom is 0.0781 e. The zero-order valence-corrected chi connectivity index (χ0v) is 13.6. The van der Waals surface area contributed by atoms with Gasteiger partial charge in [0.2, 0.25) is 0 Å². The highest BCUT2D eigenvalue weighted by atomic mass is 35.5. The second-order valence-corrected chi connectivity index (χ2v) is 5.95. The van der Waals surface area contributed by atoms with Gasteiger partial charge in [-0.05, 0) is 31.0 Å². The summed E-state index contributed by atoms with van der Waals surface area (Å²) in [5.74, 6) is 0. The molecule has 0 saturated heterocycles. The van der Waals surface area contributed by atoms with Crippen molar-refractivity contribution >= 4 is 34.8 Å². The molecule has 2 aromatic rings. The van der Waals surface area contributed by atoms with E-state index in [9.17, 15) is 0 Å². The lowest BCUT2D eigenvalue weighted by molar-refractivity contribution is 0.495. The third-order valence-corrected chi connectivity index (χ3v) is 4.64. The number of rotatable bonds is 4. The van der Waals surface area contributed by atoms with Gasteiger partial charge >= 0.3 is 0 Å². The second-order valence-electron chi connectivity index (χ2n) is 4.79. The number of halogens is 3. The molecule has 0 heterocycles. The Hall–Kier alpha value is -0.730. The van der Waals surface area contributed by atoms with Gasteiger partial charge in [0.25, 0.3) is 0 Å². The van der Waals surface area contributed by atoms with Crippen LogP contribution in [0.3, 0.4) is 0 Å². The van der Waals surface area contributed by atoms with Crippen LogP contribution in [0.4, 0.5) is 0 Å². The Morgan fingerprint density at radius 2 is 1.45 bits per heavy atom. The molecule has 106 valence electrons. The molecule has 2 rings (SSSR count). The third kappa shape index (κ3) is 3.48. The molecule has 0 aliphatic carbocycles. The predicted molar refractivity (Wildman–Crippen MR) is 87.9 cm³/mol. The number of hydrogen-bond acceptors (Lipinski definition) is 1. The predicted octanol–water partition coefficient (Wildman–Crippen LogP) is 6.06. The zero-order valence-electron chi connectivity index (χ0n) is 11.3. The first-order valence-electron chi connectivity index (χ1n) is 6.45. The lowest BCUT2D eigenvalue weighted by Gasteiger charge is -2.22. The van der Waals surface area contributed by atoms with Gasteiger partial charge in [0, 0.05) is 12.1 Å². The Morgan fingerprint density at radius 3 is 2.10 bits per heavy atom. The summed E-state index contributed by atoms with van der Waals surface area (Å²) in [7, 11) is 0. The van der Waals surface area contributed by atoms with Gasteiger partial charge in [-0.15, -0.1) is 0 Å². The van der Waals surface area contributed by atoms with E-state index in [4.69, 9.17) is 34.8 Å². The molecule has 0 radical (unpaired) electrons. The third-order valence-electron chi connectivity index (χ3n) is 3.33. The molecule has 20 heavy (non-hydrogen) atoms. The first kappa shape index (κ1) is 15.7. The molecule has 0 spiro atoms. The summed E-state index contributed by atoms with van der Waals surface area (Å²) in [6.07, 6.45) is 0. The minimum atomic E-state index is 0.0764. The molecule has 1 unspecified atom stereocenters. The molecule has 0 aliphatic rings. The Balaban J connectivity index is 2.17. The molecule has 0 saturated carbocycles. The average molecular weight is 329 g/mol. The van der Waals surface area contributed by atoms with Crippen molar-refractivity contribution in [2.24, 2.45) is 0 Å². The maximum atomic E-state index is 6.27. The van der Waals surface area contributed by atoms with E-state index < -0.39 is 0 Å². The number of benzene rings is 2. The van der Waals surface area contributed by atoms with Gasteiger partial charge in [0.1, 0.15) is 0 Å². The van der Waals surface area contributed by atoms with Crippen LogP contribution < -0.4 is 5.32 Å². The zero-order chi connectivity index (χ0) is 14.7. The Bertz CT molecular complexity index is 584. The van der Waals surface area contributed by atoms with Gasteiger partial charge in [-0.2, -0.15) is 0 Å². The summed E-state index contributed by atoms with van der Waals surface area (Å²) in [6, 6.07) is 14.2. The van der Waals surface area contributed by atoms with Crippen LogP contribution in [0.1, 0.15) is 37.1 Å². The highest BCUT2D eigenvalue weighted by molar-refractivity contribution is 6.48. The molecule has 0 fully saturated rings. The first-order valence-corrected chi connectivity index (χ1v) is 7.58. The maximum absolute atomic E-state index is 6.27. The van der Waals surface area contributed by atoms with E-state index in [-0.39, 0.29) is 12.1 Å². The standard InChI is InChI=1S/C16H16Cl3N/c1-10(12-6-4-3-5-7-12)20-11(2)13-8-9-14(17)16(19)15(13)18/h3-11,20H,1-2H3/t10-,11?/m0/s1. The fourth-order valence-corrected chi connectivity index (χ4v) is 2.88. The van der Waals surface area contributed by atoms with E-state index in [1.807, 2.05) is 24.3 Å². The molecule has 4 heteroatoms. The van der Waals surface area contributed by atoms with Gasteiger partial charge in [-0.1, -0.05) is 71.2 Å². The van der Waals surface area contributed by atoms with Crippen LogP contribution in [0.5, 0.6) is 0 Å². The molecule has 0 aliphatic heterocycles. The van der Waals surface area contributed by atoms with Crippen molar-refractivity contribution in [3.63, 3.8) is 0 Å². The fourth-order valence-electron chi connectivity index (χ4n) is 2.18. The summed E-state index contributed by atoms with van der Waals surface area (Å²) < 4.78 is 0. The van der Waals surface area contributed by atoms with Crippen LogP contribution in [0.15, 0.2) is 42.5 Å². The summed E-state index contributed by atoms with van der Waals surface area (Å²) in [6.45, 7) is 4.18. The van der Waals surface area contributed by atoms with Crippen LogP contribution >= 0.6 is 34.8 Å². The van der Waals surface area contributed by atoms with E-state index in [1.165, 1.54) is 5.56 Å². The number of hydrogen-bond donors (Lipinski definition) is 1. The number of nitrogens with one attached hydrogen (secondary N) is 1. The van der Waals surface area contributed by atoms with Gasteiger partial charge in [0.05, 0.1) is 15.1 Å². The average Bonchev–Trinajstić information content (AvgIpc) is 2.45. The molecule has 2 atom stereocenters. The van der Waals surface area contributed by atoms with Crippen molar-refractivity contribution < 1.29 is 0 Å². The van der Waals surface area contributed by atoms with Crippen LogP contribution in [0.2, 0.25) is 15.1 Å². The van der Waals surface area contributed by atoms with Crippen LogP contribution in [0.25, 0.3) is 0 Å². The van der Waals surface area contributed by atoms with Gasteiger partial charge in [0.15, 0.2) is 0 Å². The monoisotopic (exact) mass is 327 g/mol. The normalized spacial score (nSPS) is 14.1. The van der Waals surface area contributed by atoms with Crippen molar-refractivity contribution in [2.75, 3.05) is 0 Å². The summed E-state index contributed by atoms with van der Waals surface area (Å²) in [5.41, 5.74) is 2.18. The van der Waals surface area contributed by atoms with Crippen LogP contribution in [-0.4, -0.2) is 0 Å². The van der Waals surface area contributed by atoms with E-state index in [1.54, 1.807) is 6.07 Å². The lowest BCUT2D eigenvalue weighted by Crippen LogP contribution is -2.22. The van der Waals surface area contributed by atoms with E-state index in [0.717, 1.165) is 5.56 Å². The van der Waals surface area contributed by atoms with Crippen LogP contribution in [0, 0.1) is 0 Å². The van der Waals surface area contributed by atoms with Crippen molar-refractivity contribution in [2.45, 2.75) is 25.9 Å². The van der Waals surface area contributed by atoms with Crippen molar-refractivity contribution in [3.05, 3.63) is 68.7 Å². The van der Waals surface area contributed by atoms with Crippen molar-refractivity contribution in [3.8, 4) is 0 Å². The van der Waals surface area contributed by atoms with Gasteiger partial charge in [-0.3, -0.25) is 0 Å². The van der Waals surface area contributed by atoms with E-state index >= 15 is 0 Å². The van der Waals surface area contributed by atoms with Crippen LogP contribution in [-0.2, 0) is 0 Å². The molecule has 0 bridgehead atoms. The van der Waals surface area contributed by atoms with Gasteiger partial charge in [-0.25, -0.2) is 0 Å². The summed E-state index contributed by atoms with van der Waals surface area (Å²) in [4.78, 5) is 0. The van der Waals surface area contributed by atoms with Gasteiger partial charge < -0.3 is 5.32 Å². The molecule has 2 aromatic carbocycles. The lowest BCUT2D eigenvalue weighted by atomic mass is 10.0. The minimum Gasteiger partial charge on any atom is -0.304 e. The summed E-state index contributed by atoms with van der Waals surface area (Å²) >= 11 is 18.3. The van der Waals surface area contributed by atoms with E-state index in [2.05, 4.69) is 31.3 Å². The Labute approximate surface area is 134 Å². The minimum absolute atomic E-state index is 0.0764. The SMILES string of the molecule is CC(N[C@@H](C)c1ccccc1)c1ccc(Cl)c(Cl)c1Cl. The first-order chi connectivity index (χ1) is 9.50. The summed E-state index contributed by atoms with van der Waals surface area (Å²) in [5, 5.41) is 4.91. The fraction of sp³-hybridized carbons (Fsp3) is 0.250.